The molecule has 88 valence electrons. The molecule has 2 aromatic rings. The molecule has 0 saturated carbocycles. The van der Waals surface area contributed by atoms with Crippen molar-refractivity contribution in [1.29, 1.82) is 0 Å². The Morgan fingerprint density at radius 1 is 1.59 bits per heavy atom. The van der Waals surface area contributed by atoms with Crippen molar-refractivity contribution in [1.82, 2.24) is 15.2 Å². The average molecular weight is 253 g/mol. The number of nitrogens with two attached hydrogens (primary N) is 1. The van der Waals surface area contributed by atoms with Crippen molar-refractivity contribution in [3.05, 3.63) is 33.4 Å². The summed E-state index contributed by atoms with van der Waals surface area (Å²) in [6, 6.07) is 2.79. The smallest absolute Gasteiger partial charge is 0.401 e. The van der Waals surface area contributed by atoms with Gasteiger partial charge in [0, 0.05) is 0 Å². The minimum atomic E-state index is -0.597. The molecule has 3 N–H and O–H groups in total. The van der Waals surface area contributed by atoms with Crippen LogP contribution in [-0.4, -0.2) is 20.1 Å². The Kier molecular flexibility index (Phi) is 3.10. The van der Waals surface area contributed by atoms with Gasteiger partial charge in [-0.05, 0) is 17.6 Å². The van der Waals surface area contributed by atoms with Crippen molar-refractivity contribution in [2.45, 2.75) is 5.16 Å². The Hall–Kier alpha value is -2.29. The van der Waals surface area contributed by atoms with E-state index in [0.717, 1.165) is 0 Å². The number of nitrogens with one attached hydrogen (secondary N) is 1. The molecule has 9 heteroatoms. The van der Waals surface area contributed by atoms with E-state index in [1.54, 1.807) is 11.5 Å². The molecule has 2 heterocycles. The van der Waals surface area contributed by atoms with E-state index in [4.69, 9.17) is 10.2 Å². The zero-order valence-electron chi connectivity index (χ0n) is 8.36. The highest BCUT2D eigenvalue weighted by Gasteiger charge is 2.09. The molecule has 2 rings (SSSR count). The second kappa shape index (κ2) is 4.70. The molecule has 0 unspecified atom stereocenters. The summed E-state index contributed by atoms with van der Waals surface area (Å²) in [5.41, 5.74) is 5.34. The highest BCUT2D eigenvalue weighted by Crippen LogP contribution is 2.20. The molecule has 0 aliphatic rings. The fourth-order valence-corrected chi connectivity index (χ4v) is 1.58. The van der Waals surface area contributed by atoms with E-state index in [9.17, 15) is 10.1 Å². The number of H-pyrrole nitrogens is 1. The molecule has 8 nitrogen and oxygen atoms in total. The van der Waals surface area contributed by atoms with Crippen molar-refractivity contribution < 1.29 is 9.34 Å². The molecule has 0 spiro atoms. The van der Waals surface area contributed by atoms with Crippen LogP contribution in [0.2, 0.25) is 0 Å². The Morgan fingerprint density at radius 3 is 3.00 bits per heavy atom. The maximum atomic E-state index is 10.4. The number of aromatic nitrogens is 3. The number of furan rings is 1. The van der Waals surface area contributed by atoms with Gasteiger partial charge >= 0.3 is 5.88 Å². The Balaban J connectivity index is 1.98. The van der Waals surface area contributed by atoms with Crippen LogP contribution in [0.1, 0.15) is 5.76 Å². The lowest BCUT2D eigenvalue weighted by Crippen LogP contribution is -1.84. The van der Waals surface area contributed by atoms with Crippen molar-refractivity contribution in [2.24, 2.45) is 0 Å². The SMILES string of the molecule is Nc1nc(SC=Cc2ccc([N+](=O)[O-])o2)n[nH]1. The second-order valence-corrected chi connectivity index (χ2v) is 3.73. The van der Waals surface area contributed by atoms with Gasteiger partial charge in [0.1, 0.15) is 10.7 Å². The van der Waals surface area contributed by atoms with Gasteiger partial charge < -0.3 is 10.2 Å². The molecule has 0 saturated heterocycles. The third kappa shape index (κ3) is 2.84. The maximum Gasteiger partial charge on any atom is 0.433 e. The van der Waals surface area contributed by atoms with Gasteiger partial charge in [-0.2, -0.15) is 4.98 Å². The monoisotopic (exact) mass is 253 g/mol. The summed E-state index contributed by atoms with van der Waals surface area (Å²) in [6.07, 6.45) is 1.57. The summed E-state index contributed by atoms with van der Waals surface area (Å²) >= 11 is 1.21. The number of hydrogen-bond acceptors (Lipinski definition) is 7. The van der Waals surface area contributed by atoms with Crippen LogP contribution in [-0.2, 0) is 0 Å². The first-order chi connectivity index (χ1) is 8.15. The number of aromatic amines is 1. The lowest BCUT2D eigenvalue weighted by molar-refractivity contribution is -0.402. The van der Waals surface area contributed by atoms with Crippen molar-refractivity contribution in [3.63, 3.8) is 0 Å². The average Bonchev–Trinajstić information content (AvgIpc) is 2.88. The second-order valence-electron chi connectivity index (χ2n) is 2.86. The molecule has 0 atom stereocenters. The highest BCUT2D eigenvalue weighted by molar-refractivity contribution is 8.02. The Labute approximate surface area is 99.1 Å². The highest BCUT2D eigenvalue weighted by atomic mass is 32.2. The maximum absolute atomic E-state index is 10.4. The molecule has 2 aromatic heterocycles. The first-order valence-electron chi connectivity index (χ1n) is 4.40. The summed E-state index contributed by atoms with van der Waals surface area (Å²) in [4.78, 5) is 13.6. The molecule has 0 amide bonds. The fourth-order valence-electron chi connectivity index (χ4n) is 1.00. The number of hydrogen-bond donors (Lipinski definition) is 2. The summed E-state index contributed by atoms with van der Waals surface area (Å²) in [5, 5.41) is 18.7. The van der Waals surface area contributed by atoms with Crippen molar-refractivity contribution >= 4 is 29.7 Å². The number of anilines is 1. The normalized spacial score (nSPS) is 11.1. The topological polar surface area (TPSA) is 124 Å². The lowest BCUT2D eigenvalue weighted by Gasteiger charge is -1.85. The van der Waals surface area contributed by atoms with Crippen LogP contribution >= 0.6 is 11.8 Å². The van der Waals surface area contributed by atoms with E-state index >= 15 is 0 Å². The van der Waals surface area contributed by atoms with E-state index in [1.807, 2.05) is 0 Å². The van der Waals surface area contributed by atoms with Crippen molar-refractivity contribution in [2.75, 3.05) is 5.73 Å². The van der Waals surface area contributed by atoms with Gasteiger partial charge in [0.05, 0.1) is 6.07 Å². The number of nitrogens with zero attached hydrogens (tertiary/aromatic N) is 3. The predicted molar refractivity (Wildman–Crippen MR) is 61.0 cm³/mol. The third-order valence-electron chi connectivity index (χ3n) is 1.68. The summed E-state index contributed by atoms with van der Waals surface area (Å²) in [6.45, 7) is 0. The van der Waals surface area contributed by atoms with Crippen LogP contribution in [0.25, 0.3) is 6.08 Å². The standard InChI is InChI=1S/C8H7N5O3S/c9-7-10-8(12-11-7)17-4-3-5-1-2-6(16-5)13(14)15/h1-4H,(H3,9,10,11,12). The zero-order valence-corrected chi connectivity index (χ0v) is 9.18. The van der Waals surface area contributed by atoms with Gasteiger partial charge in [-0.3, -0.25) is 10.1 Å². The van der Waals surface area contributed by atoms with Gasteiger partial charge in [-0.1, -0.05) is 11.8 Å². The van der Waals surface area contributed by atoms with E-state index < -0.39 is 4.92 Å². The molecule has 0 aromatic carbocycles. The van der Waals surface area contributed by atoms with Crippen LogP contribution in [0.3, 0.4) is 0 Å². The van der Waals surface area contributed by atoms with Gasteiger partial charge in [0.15, 0.2) is 0 Å². The predicted octanol–water partition coefficient (Wildman–Crippen LogP) is 1.65. The Morgan fingerprint density at radius 2 is 2.41 bits per heavy atom. The quantitative estimate of drug-likeness (QED) is 0.482. The molecular formula is C8H7N5O3S. The van der Waals surface area contributed by atoms with Gasteiger partial charge in [-0.25, -0.2) is 5.10 Å². The van der Waals surface area contributed by atoms with E-state index in [2.05, 4.69) is 15.2 Å². The van der Waals surface area contributed by atoms with E-state index in [1.165, 1.54) is 23.9 Å². The number of rotatable bonds is 4. The molecule has 0 aliphatic heterocycles. The number of nitro groups is 1. The zero-order chi connectivity index (χ0) is 12.3. The van der Waals surface area contributed by atoms with Gasteiger partial charge in [0.2, 0.25) is 11.1 Å². The minimum Gasteiger partial charge on any atom is -0.401 e. The van der Waals surface area contributed by atoms with E-state index in [0.29, 0.717) is 10.9 Å². The van der Waals surface area contributed by atoms with Crippen LogP contribution in [0.15, 0.2) is 27.1 Å². The van der Waals surface area contributed by atoms with Crippen LogP contribution in [0, 0.1) is 10.1 Å². The molecule has 0 aliphatic carbocycles. The lowest BCUT2D eigenvalue weighted by atomic mass is 10.4. The molecule has 0 bridgehead atoms. The van der Waals surface area contributed by atoms with Crippen molar-refractivity contribution in [3.8, 4) is 0 Å². The van der Waals surface area contributed by atoms with Crippen LogP contribution in [0.5, 0.6) is 0 Å². The van der Waals surface area contributed by atoms with E-state index in [-0.39, 0.29) is 11.8 Å². The third-order valence-corrected chi connectivity index (χ3v) is 2.35. The summed E-state index contributed by atoms with van der Waals surface area (Å²) < 4.78 is 4.92. The van der Waals surface area contributed by atoms with Gasteiger partial charge in [0.25, 0.3) is 0 Å². The molecule has 0 fully saturated rings. The minimum absolute atomic E-state index is 0.231. The summed E-state index contributed by atoms with van der Waals surface area (Å²) in [5.74, 6) is 0.319. The van der Waals surface area contributed by atoms with Crippen LogP contribution in [0.4, 0.5) is 11.8 Å². The van der Waals surface area contributed by atoms with Crippen LogP contribution < -0.4 is 5.73 Å². The number of thioether (sulfide) groups is 1. The fraction of sp³-hybridized carbons (Fsp3) is 0. The molecule has 17 heavy (non-hydrogen) atoms. The first-order valence-corrected chi connectivity index (χ1v) is 5.28. The Bertz CT molecular complexity index is 561. The van der Waals surface area contributed by atoms with Gasteiger partial charge in [-0.15, -0.1) is 5.10 Å². The largest absolute Gasteiger partial charge is 0.433 e. The number of nitrogen functional groups attached to an aromatic ring is 1. The molecule has 0 radical (unpaired) electrons. The first kappa shape index (κ1) is 11.2. The summed E-state index contributed by atoms with van der Waals surface area (Å²) in [7, 11) is 0. The molecular weight excluding hydrogens is 246 g/mol.